The summed E-state index contributed by atoms with van der Waals surface area (Å²) in [5.74, 6) is 1.33. The average Bonchev–Trinajstić information content (AvgIpc) is 2.81. The van der Waals surface area contributed by atoms with Crippen LogP contribution >= 0.6 is 0 Å². The van der Waals surface area contributed by atoms with E-state index in [0.29, 0.717) is 48.4 Å². The minimum atomic E-state index is -3.59. The number of piperidine rings is 1. The topological polar surface area (TPSA) is 93.5 Å². The van der Waals surface area contributed by atoms with E-state index in [1.165, 1.54) is 0 Å². The number of likely N-dealkylation sites (tertiary alicyclic amines) is 1. The molecular formula is C23H28N4O4S. The lowest BCUT2D eigenvalue weighted by atomic mass is 10.0. The minimum Gasteiger partial charge on any atom is -0.497 e. The van der Waals surface area contributed by atoms with Crippen LogP contribution in [-0.4, -0.2) is 49.1 Å². The molecular weight excluding hydrogens is 428 g/mol. The van der Waals surface area contributed by atoms with Crippen LogP contribution in [0.3, 0.4) is 0 Å². The summed E-state index contributed by atoms with van der Waals surface area (Å²) in [6, 6.07) is 13.5. The summed E-state index contributed by atoms with van der Waals surface area (Å²) in [6.45, 7) is 3.46. The Morgan fingerprint density at radius 1 is 1.09 bits per heavy atom. The molecule has 0 amide bonds. The molecule has 1 atom stereocenters. The number of nitrogens with zero attached hydrogens (tertiary/aromatic N) is 3. The molecule has 9 heteroatoms. The van der Waals surface area contributed by atoms with Gasteiger partial charge in [-0.3, -0.25) is 14.3 Å². The van der Waals surface area contributed by atoms with Gasteiger partial charge in [0, 0.05) is 26.2 Å². The van der Waals surface area contributed by atoms with Crippen LogP contribution in [0.2, 0.25) is 0 Å². The van der Waals surface area contributed by atoms with Crippen LogP contribution in [-0.2, 0) is 17.1 Å². The Hall–Kier alpha value is -2.75. The molecule has 2 heterocycles. The van der Waals surface area contributed by atoms with Gasteiger partial charge in [0.15, 0.2) is 0 Å². The fourth-order valence-electron chi connectivity index (χ4n) is 4.22. The normalized spacial score (nSPS) is 16.8. The zero-order chi connectivity index (χ0) is 22.9. The number of nitrogens with one attached hydrogen (secondary N) is 1. The van der Waals surface area contributed by atoms with Crippen molar-refractivity contribution in [3.8, 4) is 5.75 Å². The van der Waals surface area contributed by atoms with Gasteiger partial charge in [0.2, 0.25) is 10.0 Å². The number of rotatable bonds is 6. The molecule has 32 heavy (non-hydrogen) atoms. The lowest BCUT2D eigenvalue weighted by Gasteiger charge is -2.36. The van der Waals surface area contributed by atoms with Gasteiger partial charge in [-0.25, -0.2) is 18.1 Å². The predicted molar refractivity (Wildman–Crippen MR) is 123 cm³/mol. The first-order valence-electron chi connectivity index (χ1n) is 10.7. The van der Waals surface area contributed by atoms with Gasteiger partial charge in [-0.2, -0.15) is 0 Å². The smallest absolute Gasteiger partial charge is 0.261 e. The van der Waals surface area contributed by atoms with Gasteiger partial charge >= 0.3 is 0 Å². The van der Waals surface area contributed by atoms with Crippen LogP contribution < -0.4 is 15.0 Å². The first-order valence-corrected chi connectivity index (χ1v) is 12.1. The first-order chi connectivity index (χ1) is 15.3. The number of hydrogen-bond acceptors (Lipinski definition) is 6. The monoisotopic (exact) mass is 456 g/mol. The van der Waals surface area contributed by atoms with E-state index < -0.39 is 10.0 Å². The Labute approximate surface area is 187 Å². The fourth-order valence-corrected chi connectivity index (χ4v) is 5.52. The molecule has 1 N–H and O–H groups in total. The van der Waals surface area contributed by atoms with Crippen LogP contribution in [0.4, 0.5) is 0 Å². The Kier molecular flexibility index (Phi) is 6.32. The molecule has 1 aliphatic rings. The van der Waals surface area contributed by atoms with E-state index >= 15 is 0 Å². The molecule has 4 rings (SSSR count). The molecule has 0 spiro atoms. The van der Waals surface area contributed by atoms with Gasteiger partial charge in [0.05, 0.1) is 29.0 Å². The molecule has 1 aliphatic heterocycles. The number of fused-ring (bicyclic) bond motifs is 1. The molecule has 1 unspecified atom stereocenters. The maximum Gasteiger partial charge on any atom is 0.261 e. The largest absolute Gasteiger partial charge is 0.497 e. The predicted octanol–water partition coefficient (Wildman–Crippen LogP) is 2.45. The zero-order valence-corrected chi connectivity index (χ0v) is 19.3. The van der Waals surface area contributed by atoms with Crippen molar-refractivity contribution in [2.24, 2.45) is 7.05 Å². The lowest BCUT2D eigenvalue weighted by molar-refractivity contribution is 0.151. The number of hydrogen-bond donors (Lipinski definition) is 1. The number of para-hydroxylation sites is 1. The van der Waals surface area contributed by atoms with E-state index in [0.717, 1.165) is 0 Å². The minimum absolute atomic E-state index is 0.0559. The summed E-state index contributed by atoms with van der Waals surface area (Å²) in [5, 5.41) is 0.609. The summed E-state index contributed by atoms with van der Waals surface area (Å²) >= 11 is 0. The van der Waals surface area contributed by atoms with Crippen LogP contribution in [0, 0.1) is 0 Å². The maximum atomic E-state index is 12.7. The maximum absolute atomic E-state index is 12.7. The molecule has 170 valence electrons. The molecule has 3 aromatic rings. The number of ether oxygens (including phenoxy) is 1. The van der Waals surface area contributed by atoms with Gasteiger partial charge in [0.25, 0.3) is 5.56 Å². The van der Waals surface area contributed by atoms with Crippen molar-refractivity contribution < 1.29 is 13.2 Å². The third kappa shape index (κ3) is 4.41. The number of sulfonamides is 1. The van der Waals surface area contributed by atoms with E-state index in [2.05, 4.69) is 9.62 Å². The second kappa shape index (κ2) is 9.01. The molecule has 1 saturated heterocycles. The summed E-state index contributed by atoms with van der Waals surface area (Å²) in [4.78, 5) is 20.0. The Morgan fingerprint density at radius 2 is 1.75 bits per heavy atom. The fraction of sp³-hybridized carbons (Fsp3) is 0.391. The molecule has 1 fully saturated rings. The summed E-state index contributed by atoms with van der Waals surface area (Å²) in [7, 11) is -0.296. The van der Waals surface area contributed by atoms with Crippen molar-refractivity contribution in [2.45, 2.75) is 36.7 Å². The highest BCUT2D eigenvalue weighted by Gasteiger charge is 2.28. The standard InChI is InChI=1S/C23H28N4O4S/c1-16(22-24-21-7-5-4-6-20(21)23(28)26(22)2)27-14-12-17(13-15-27)25-32(29,30)19-10-8-18(31-3)9-11-19/h4-11,16-17,25H,12-15H2,1-3H3. The van der Waals surface area contributed by atoms with E-state index in [4.69, 9.17) is 9.72 Å². The molecule has 1 aromatic heterocycles. The number of methoxy groups -OCH3 is 1. The molecule has 0 saturated carbocycles. The summed E-state index contributed by atoms with van der Waals surface area (Å²) < 4.78 is 35.0. The van der Waals surface area contributed by atoms with E-state index in [1.54, 1.807) is 49.1 Å². The SMILES string of the molecule is COc1ccc(S(=O)(=O)NC2CCN(C(C)c3nc4ccccc4c(=O)n3C)CC2)cc1. The second-order valence-corrected chi connectivity index (χ2v) is 9.85. The highest BCUT2D eigenvalue weighted by atomic mass is 32.2. The van der Waals surface area contributed by atoms with Crippen molar-refractivity contribution in [2.75, 3.05) is 20.2 Å². The highest BCUT2D eigenvalue weighted by Crippen LogP contribution is 2.24. The van der Waals surface area contributed by atoms with Crippen LogP contribution in [0.1, 0.15) is 31.6 Å². The Bertz CT molecular complexity index is 1260. The second-order valence-electron chi connectivity index (χ2n) is 8.13. The van der Waals surface area contributed by atoms with Crippen molar-refractivity contribution in [1.82, 2.24) is 19.2 Å². The van der Waals surface area contributed by atoms with E-state index in [-0.39, 0.29) is 22.5 Å². The zero-order valence-electron chi connectivity index (χ0n) is 18.5. The molecule has 8 nitrogen and oxygen atoms in total. The Balaban J connectivity index is 1.44. The van der Waals surface area contributed by atoms with Crippen molar-refractivity contribution in [3.05, 3.63) is 64.7 Å². The molecule has 2 aromatic carbocycles. The van der Waals surface area contributed by atoms with Crippen LogP contribution in [0.15, 0.2) is 58.2 Å². The molecule has 0 aliphatic carbocycles. The highest BCUT2D eigenvalue weighted by molar-refractivity contribution is 7.89. The van der Waals surface area contributed by atoms with Crippen LogP contribution in [0.25, 0.3) is 10.9 Å². The number of aromatic nitrogens is 2. The third-order valence-corrected chi connectivity index (χ3v) is 7.70. The van der Waals surface area contributed by atoms with Gasteiger partial charge in [-0.1, -0.05) is 12.1 Å². The van der Waals surface area contributed by atoms with Crippen molar-refractivity contribution in [3.63, 3.8) is 0 Å². The Morgan fingerprint density at radius 3 is 2.41 bits per heavy atom. The van der Waals surface area contributed by atoms with Gasteiger partial charge < -0.3 is 4.74 Å². The first kappa shape index (κ1) is 22.4. The third-order valence-electron chi connectivity index (χ3n) is 6.16. The van der Waals surface area contributed by atoms with Gasteiger partial charge in [0.1, 0.15) is 11.6 Å². The summed E-state index contributed by atoms with van der Waals surface area (Å²) in [6.07, 6.45) is 1.36. The van der Waals surface area contributed by atoms with E-state index in [9.17, 15) is 13.2 Å². The van der Waals surface area contributed by atoms with Crippen LogP contribution in [0.5, 0.6) is 5.75 Å². The summed E-state index contributed by atoms with van der Waals surface area (Å²) in [5.41, 5.74) is 0.638. The van der Waals surface area contributed by atoms with Crippen molar-refractivity contribution in [1.29, 1.82) is 0 Å². The quantitative estimate of drug-likeness (QED) is 0.612. The average molecular weight is 457 g/mol. The lowest BCUT2D eigenvalue weighted by Crippen LogP contribution is -2.46. The number of benzene rings is 2. The van der Waals surface area contributed by atoms with Gasteiger partial charge in [-0.15, -0.1) is 0 Å². The van der Waals surface area contributed by atoms with Crippen molar-refractivity contribution >= 4 is 20.9 Å². The van der Waals surface area contributed by atoms with E-state index in [1.807, 2.05) is 25.1 Å². The van der Waals surface area contributed by atoms with Gasteiger partial charge in [-0.05, 0) is 56.2 Å². The molecule has 0 bridgehead atoms. The molecule has 0 radical (unpaired) electrons.